The number of rotatable bonds is 7. The van der Waals surface area contributed by atoms with Crippen LogP contribution in [0.15, 0.2) is 40.9 Å². The van der Waals surface area contributed by atoms with Crippen LogP contribution in [0, 0.1) is 5.41 Å². The Labute approximate surface area is 143 Å². The summed E-state index contributed by atoms with van der Waals surface area (Å²) in [7, 11) is 1.93. The van der Waals surface area contributed by atoms with Crippen molar-refractivity contribution >= 4 is 5.91 Å². The van der Waals surface area contributed by atoms with Crippen LogP contribution in [0.5, 0.6) is 0 Å². The smallest absolute Gasteiger partial charge is 0.222 e. The molecule has 0 saturated heterocycles. The summed E-state index contributed by atoms with van der Waals surface area (Å²) in [4.78, 5) is 18.6. The summed E-state index contributed by atoms with van der Waals surface area (Å²) in [6.45, 7) is 4.42. The summed E-state index contributed by atoms with van der Waals surface area (Å²) in [6, 6.07) is 10.3. The molecule has 1 atom stereocenters. The van der Waals surface area contributed by atoms with Crippen LogP contribution >= 0.6 is 0 Å². The minimum absolute atomic E-state index is 0.213. The number of hydrogen-bond donors (Lipinski definition) is 0. The number of hydrogen-bond acceptors (Lipinski definition) is 3. The van der Waals surface area contributed by atoms with E-state index in [-0.39, 0.29) is 5.91 Å². The van der Waals surface area contributed by atoms with Gasteiger partial charge in [0.25, 0.3) is 0 Å². The van der Waals surface area contributed by atoms with Crippen LogP contribution in [0.4, 0.5) is 0 Å². The summed E-state index contributed by atoms with van der Waals surface area (Å²) in [6.07, 6.45) is 6.21. The molecule has 0 bridgehead atoms. The lowest BCUT2D eigenvalue weighted by molar-refractivity contribution is -0.133. The topological polar surface area (TPSA) is 46.3 Å². The van der Waals surface area contributed by atoms with Gasteiger partial charge in [0.05, 0.1) is 6.20 Å². The molecule has 0 radical (unpaired) electrons. The van der Waals surface area contributed by atoms with Gasteiger partial charge in [0.2, 0.25) is 5.91 Å². The number of aryl methyl sites for hydroxylation is 1. The summed E-state index contributed by atoms with van der Waals surface area (Å²) >= 11 is 0. The van der Waals surface area contributed by atoms with Gasteiger partial charge in [-0.2, -0.15) is 0 Å². The second-order valence-electron chi connectivity index (χ2n) is 7.17. The van der Waals surface area contributed by atoms with E-state index >= 15 is 0 Å². The zero-order valence-corrected chi connectivity index (χ0v) is 14.8. The van der Waals surface area contributed by atoms with Crippen LogP contribution < -0.4 is 0 Å². The lowest BCUT2D eigenvalue weighted by Crippen LogP contribution is -2.39. The highest BCUT2D eigenvalue weighted by atomic mass is 16.4. The molecular weight excluding hydrogens is 300 g/mol. The number of carbonyl (C=O) groups excluding carboxylic acids is 1. The molecule has 1 aliphatic carbocycles. The fraction of sp³-hybridized carbons (Fsp3) is 0.500. The van der Waals surface area contributed by atoms with Crippen LogP contribution in [0.25, 0.3) is 11.3 Å². The first-order valence-electron chi connectivity index (χ1n) is 8.75. The number of amides is 1. The predicted octanol–water partition coefficient (Wildman–Crippen LogP) is 4.31. The molecule has 1 fully saturated rings. The monoisotopic (exact) mass is 326 g/mol. The summed E-state index contributed by atoms with van der Waals surface area (Å²) in [5.41, 5.74) is 1.36. The predicted molar refractivity (Wildman–Crippen MR) is 94.5 cm³/mol. The van der Waals surface area contributed by atoms with Crippen molar-refractivity contribution in [2.45, 2.75) is 52.0 Å². The molecule has 1 saturated carbocycles. The molecule has 2 aromatic rings. The van der Waals surface area contributed by atoms with Crippen LogP contribution in [0.2, 0.25) is 0 Å². The standard InChI is InChI=1S/C20H26N2O2/c1-15(20(2)12-13-20)22(3)19(23)11-7-10-18-21-14-17(24-18)16-8-5-4-6-9-16/h4-6,8-9,14-15H,7,10-13H2,1-3H3. The molecule has 0 spiro atoms. The Balaban J connectivity index is 1.48. The molecular formula is C20H26N2O2. The van der Waals surface area contributed by atoms with E-state index in [0.29, 0.717) is 30.2 Å². The van der Waals surface area contributed by atoms with Crippen molar-refractivity contribution in [1.29, 1.82) is 0 Å². The van der Waals surface area contributed by atoms with Crippen LogP contribution in [0.3, 0.4) is 0 Å². The Morgan fingerprint density at radius 1 is 1.33 bits per heavy atom. The van der Waals surface area contributed by atoms with Crippen molar-refractivity contribution in [1.82, 2.24) is 9.88 Å². The molecule has 4 nitrogen and oxygen atoms in total. The molecule has 0 N–H and O–H groups in total. The number of nitrogens with zero attached hydrogens (tertiary/aromatic N) is 2. The molecule has 1 amide bonds. The van der Waals surface area contributed by atoms with Gasteiger partial charge in [-0.3, -0.25) is 4.79 Å². The molecule has 1 aliphatic rings. The average Bonchev–Trinajstić information content (AvgIpc) is 3.18. The van der Waals surface area contributed by atoms with Crippen molar-refractivity contribution in [2.75, 3.05) is 7.05 Å². The third-order valence-corrected chi connectivity index (χ3v) is 5.41. The maximum Gasteiger partial charge on any atom is 0.222 e. The molecule has 1 aromatic carbocycles. The Morgan fingerprint density at radius 2 is 2.04 bits per heavy atom. The van der Waals surface area contributed by atoms with Crippen LogP contribution in [0.1, 0.15) is 45.4 Å². The molecule has 1 unspecified atom stereocenters. The van der Waals surface area contributed by atoms with Crippen molar-refractivity contribution in [3.8, 4) is 11.3 Å². The highest BCUT2D eigenvalue weighted by Gasteiger charge is 2.45. The molecule has 0 aliphatic heterocycles. The Kier molecular flexibility index (Phi) is 4.74. The fourth-order valence-corrected chi connectivity index (χ4v) is 3.03. The number of benzene rings is 1. The highest BCUT2D eigenvalue weighted by Crippen LogP contribution is 2.49. The second-order valence-corrected chi connectivity index (χ2v) is 7.17. The van der Waals surface area contributed by atoms with Crippen LogP contribution in [-0.4, -0.2) is 28.9 Å². The normalized spacial score (nSPS) is 16.6. The van der Waals surface area contributed by atoms with E-state index < -0.39 is 0 Å². The van der Waals surface area contributed by atoms with Crippen molar-refractivity contribution in [2.24, 2.45) is 5.41 Å². The molecule has 128 valence electrons. The molecule has 4 heteroatoms. The van der Waals surface area contributed by atoms with E-state index in [2.05, 4.69) is 18.8 Å². The van der Waals surface area contributed by atoms with Gasteiger partial charge in [0.1, 0.15) is 0 Å². The van der Waals surface area contributed by atoms with E-state index in [9.17, 15) is 4.79 Å². The van der Waals surface area contributed by atoms with Gasteiger partial charge in [-0.05, 0) is 31.6 Å². The first kappa shape index (κ1) is 16.7. The van der Waals surface area contributed by atoms with E-state index in [4.69, 9.17) is 4.42 Å². The summed E-state index contributed by atoms with van der Waals surface area (Å²) in [5.74, 6) is 1.70. The molecule has 1 aromatic heterocycles. The number of oxazole rings is 1. The first-order valence-corrected chi connectivity index (χ1v) is 8.75. The third kappa shape index (κ3) is 3.69. The number of carbonyl (C=O) groups is 1. The lowest BCUT2D eigenvalue weighted by atomic mass is 9.99. The summed E-state index contributed by atoms with van der Waals surface area (Å²) < 4.78 is 5.79. The minimum atomic E-state index is 0.213. The minimum Gasteiger partial charge on any atom is -0.441 e. The van der Waals surface area contributed by atoms with Crippen molar-refractivity contribution in [3.05, 3.63) is 42.4 Å². The van der Waals surface area contributed by atoms with Gasteiger partial charge in [-0.1, -0.05) is 37.3 Å². The SMILES string of the molecule is CC(N(C)C(=O)CCCc1ncc(-c2ccccc2)o1)C1(C)CC1. The van der Waals surface area contributed by atoms with Crippen molar-refractivity contribution < 1.29 is 9.21 Å². The molecule has 3 rings (SSSR count). The second kappa shape index (κ2) is 6.80. The van der Waals surface area contributed by atoms with Gasteiger partial charge >= 0.3 is 0 Å². The Hall–Kier alpha value is -2.10. The third-order valence-electron chi connectivity index (χ3n) is 5.41. The van der Waals surface area contributed by atoms with Crippen LogP contribution in [-0.2, 0) is 11.2 Å². The lowest BCUT2D eigenvalue weighted by Gasteiger charge is -2.30. The molecule has 1 heterocycles. The van der Waals surface area contributed by atoms with E-state index in [1.807, 2.05) is 42.3 Å². The van der Waals surface area contributed by atoms with Gasteiger partial charge in [0.15, 0.2) is 11.7 Å². The molecule has 24 heavy (non-hydrogen) atoms. The highest BCUT2D eigenvalue weighted by molar-refractivity contribution is 5.76. The zero-order valence-electron chi connectivity index (χ0n) is 14.8. The van der Waals surface area contributed by atoms with Gasteiger partial charge in [-0.15, -0.1) is 0 Å². The van der Waals surface area contributed by atoms with E-state index in [0.717, 1.165) is 17.7 Å². The van der Waals surface area contributed by atoms with E-state index in [1.54, 1.807) is 6.20 Å². The zero-order chi connectivity index (χ0) is 17.2. The summed E-state index contributed by atoms with van der Waals surface area (Å²) in [5, 5.41) is 0. The van der Waals surface area contributed by atoms with E-state index in [1.165, 1.54) is 12.8 Å². The Bertz CT molecular complexity index is 689. The fourth-order valence-electron chi connectivity index (χ4n) is 3.03. The van der Waals surface area contributed by atoms with Gasteiger partial charge < -0.3 is 9.32 Å². The Morgan fingerprint density at radius 3 is 2.71 bits per heavy atom. The van der Waals surface area contributed by atoms with Gasteiger partial charge in [-0.25, -0.2) is 4.98 Å². The maximum atomic E-state index is 12.4. The average molecular weight is 326 g/mol. The quantitative estimate of drug-likeness (QED) is 0.761. The maximum absolute atomic E-state index is 12.4. The van der Waals surface area contributed by atoms with Crippen molar-refractivity contribution in [3.63, 3.8) is 0 Å². The largest absolute Gasteiger partial charge is 0.441 e. The number of aromatic nitrogens is 1. The first-order chi connectivity index (χ1) is 11.5. The van der Waals surface area contributed by atoms with Gasteiger partial charge in [0, 0.05) is 31.5 Å².